The van der Waals surface area contributed by atoms with Crippen LogP contribution in [0.4, 0.5) is 5.69 Å². The lowest BCUT2D eigenvalue weighted by molar-refractivity contribution is -0.384. The topological polar surface area (TPSA) is 84.6 Å². The molecule has 0 bridgehead atoms. The number of hydrogen-bond acceptors (Lipinski definition) is 4. The number of non-ortho nitro benzene ring substituents is 1. The number of nitro benzene ring substituents is 1. The summed E-state index contributed by atoms with van der Waals surface area (Å²) < 4.78 is 0. The minimum Gasteiger partial charge on any atom is -0.267 e. The maximum atomic E-state index is 12.2. The number of hydrogen-bond donors (Lipinski definition) is 1. The zero-order valence-electron chi connectivity index (χ0n) is 13.5. The molecule has 0 saturated carbocycles. The molecule has 0 radical (unpaired) electrons. The van der Waals surface area contributed by atoms with Gasteiger partial charge in [0.1, 0.15) is 0 Å². The van der Waals surface area contributed by atoms with Crippen molar-refractivity contribution in [3.05, 3.63) is 88.0 Å². The van der Waals surface area contributed by atoms with Gasteiger partial charge >= 0.3 is 0 Å². The van der Waals surface area contributed by atoms with E-state index >= 15 is 0 Å². The molecule has 0 aliphatic carbocycles. The SMILES string of the molecule is C/C(=N/NC(=O)c1cccc([N+](=O)[O-])c1)c1cccc2ccccc12. The minimum atomic E-state index is -0.540. The second-order valence-electron chi connectivity index (χ2n) is 5.47. The van der Waals surface area contributed by atoms with E-state index in [2.05, 4.69) is 10.5 Å². The highest BCUT2D eigenvalue weighted by Gasteiger charge is 2.11. The number of nitrogens with zero attached hydrogens (tertiary/aromatic N) is 2. The molecule has 6 heteroatoms. The third-order valence-electron chi connectivity index (χ3n) is 3.82. The number of carbonyl (C=O) groups excluding carboxylic acids is 1. The van der Waals surface area contributed by atoms with Gasteiger partial charge in [0.25, 0.3) is 11.6 Å². The Hall–Kier alpha value is -3.54. The molecule has 6 nitrogen and oxygen atoms in total. The average Bonchev–Trinajstić information content (AvgIpc) is 2.65. The third-order valence-corrected chi connectivity index (χ3v) is 3.82. The molecular weight excluding hydrogens is 318 g/mol. The van der Waals surface area contributed by atoms with Crippen molar-refractivity contribution >= 4 is 28.1 Å². The van der Waals surface area contributed by atoms with Crippen LogP contribution in [0.3, 0.4) is 0 Å². The molecule has 3 aromatic rings. The van der Waals surface area contributed by atoms with Crippen molar-refractivity contribution in [3.63, 3.8) is 0 Å². The molecule has 0 saturated heterocycles. The van der Waals surface area contributed by atoms with Gasteiger partial charge in [-0.2, -0.15) is 5.10 Å². The summed E-state index contributed by atoms with van der Waals surface area (Å²) in [6, 6.07) is 19.3. The first kappa shape index (κ1) is 16.3. The number of carbonyl (C=O) groups is 1. The maximum absolute atomic E-state index is 12.2. The van der Waals surface area contributed by atoms with Gasteiger partial charge < -0.3 is 0 Å². The Kier molecular flexibility index (Phi) is 4.52. The van der Waals surface area contributed by atoms with Gasteiger partial charge in [-0.15, -0.1) is 0 Å². The standard InChI is InChI=1S/C19H15N3O3/c1-13(17-11-5-7-14-6-2-3-10-18(14)17)20-21-19(23)15-8-4-9-16(12-15)22(24)25/h2-12H,1H3,(H,21,23)/b20-13-. The first-order chi connectivity index (χ1) is 12.1. The lowest BCUT2D eigenvalue weighted by atomic mass is 10.0. The van der Waals surface area contributed by atoms with Crippen molar-refractivity contribution in [2.45, 2.75) is 6.92 Å². The molecule has 0 unspecified atom stereocenters. The number of benzene rings is 3. The van der Waals surface area contributed by atoms with Gasteiger partial charge in [0.15, 0.2) is 0 Å². The van der Waals surface area contributed by atoms with Crippen molar-refractivity contribution in [2.75, 3.05) is 0 Å². The Balaban J connectivity index is 1.84. The largest absolute Gasteiger partial charge is 0.271 e. The van der Waals surface area contributed by atoms with Crippen molar-refractivity contribution in [1.29, 1.82) is 0 Å². The molecular formula is C19H15N3O3. The Morgan fingerprint density at radius 2 is 1.76 bits per heavy atom. The number of fused-ring (bicyclic) bond motifs is 1. The van der Waals surface area contributed by atoms with E-state index in [1.165, 1.54) is 24.3 Å². The molecule has 0 spiro atoms. The number of hydrazone groups is 1. The van der Waals surface area contributed by atoms with E-state index in [0.717, 1.165) is 16.3 Å². The highest BCUT2D eigenvalue weighted by molar-refractivity contribution is 6.10. The first-order valence-corrected chi connectivity index (χ1v) is 7.63. The Bertz CT molecular complexity index is 991. The summed E-state index contributed by atoms with van der Waals surface area (Å²) in [5.41, 5.74) is 4.06. The van der Waals surface area contributed by atoms with Crippen LogP contribution in [0.2, 0.25) is 0 Å². The fourth-order valence-corrected chi connectivity index (χ4v) is 2.56. The van der Waals surface area contributed by atoms with Gasteiger partial charge in [0, 0.05) is 23.3 Å². The normalized spacial score (nSPS) is 11.3. The van der Waals surface area contributed by atoms with Gasteiger partial charge in [-0.1, -0.05) is 48.5 Å². The van der Waals surface area contributed by atoms with Gasteiger partial charge in [-0.05, 0) is 23.8 Å². The summed E-state index contributed by atoms with van der Waals surface area (Å²) in [7, 11) is 0. The van der Waals surface area contributed by atoms with E-state index in [0.29, 0.717) is 5.71 Å². The molecule has 124 valence electrons. The summed E-state index contributed by atoms with van der Waals surface area (Å²) in [6.45, 7) is 1.80. The van der Waals surface area contributed by atoms with Crippen molar-refractivity contribution in [2.24, 2.45) is 5.10 Å². The van der Waals surface area contributed by atoms with Gasteiger partial charge in [0.2, 0.25) is 0 Å². The van der Waals surface area contributed by atoms with Crippen LogP contribution < -0.4 is 5.43 Å². The molecule has 1 N–H and O–H groups in total. The summed E-state index contributed by atoms with van der Waals surface area (Å²) in [5, 5.41) is 17.1. The van der Waals surface area contributed by atoms with Crippen LogP contribution in [-0.2, 0) is 0 Å². The Labute approximate surface area is 143 Å². The van der Waals surface area contributed by atoms with Crippen LogP contribution >= 0.6 is 0 Å². The van der Waals surface area contributed by atoms with Gasteiger partial charge in [-0.25, -0.2) is 5.43 Å². The number of amides is 1. The molecule has 0 heterocycles. The van der Waals surface area contributed by atoms with Crippen LogP contribution in [0.25, 0.3) is 10.8 Å². The molecule has 0 aliphatic rings. The van der Waals surface area contributed by atoms with E-state index < -0.39 is 10.8 Å². The number of rotatable bonds is 4. The first-order valence-electron chi connectivity index (χ1n) is 7.63. The highest BCUT2D eigenvalue weighted by Crippen LogP contribution is 2.19. The van der Waals surface area contributed by atoms with Crippen molar-refractivity contribution in [1.82, 2.24) is 5.43 Å². The smallest absolute Gasteiger partial charge is 0.267 e. The summed E-state index contributed by atoms with van der Waals surface area (Å²) >= 11 is 0. The van der Waals surface area contributed by atoms with E-state index in [1.807, 2.05) is 42.5 Å². The summed E-state index contributed by atoms with van der Waals surface area (Å²) in [4.78, 5) is 22.4. The Morgan fingerprint density at radius 1 is 1.04 bits per heavy atom. The molecule has 0 aliphatic heterocycles. The third kappa shape index (κ3) is 3.53. The Morgan fingerprint density at radius 3 is 2.56 bits per heavy atom. The quantitative estimate of drug-likeness (QED) is 0.446. The molecule has 0 aromatic heterocycles. The average molecular weight is 333 g/mol. The molecule has 3 rings (SSSR count). The van der Waals surface area contributed by atoms with E-state index in [1.54, 1.807) is 6.92 Å². The summed E-state index contributed by atoms with van der Waals surface area (Å²) in [6.07, 6.45) is 0. The van der Waals surface area contributed by atoms with Crippen LogP contribution in [0.5, 0.6) is 0 Å². The van der Waals surface area contributed by atoms with E-state index in [4.69, 9.17) is 0 Å². The second kappa shape index (κ2) is 6.92. The van der Waals surface area contributed by atoms with Crippen LogP contribution in [0.15, 0.2) is 71.8 Å². The van der Waals surface area contributed by atoms with E-state index in [-0.39, 0.29) is 11.3 Å². The predicted octanol–water partition coefficient (Wildman–Crippen LogP) is 3.90. The lowest BCUT2D eigenvalue weighted by Gasteiger charge is -2.07. The molecule has 1 amide bonds. The maximum Gasteiger partial charge on any atom is 0.271 e. The highest BCUT2D eigenvalue weighted by atomic mass is 16.6. The zero-order valence-corrected chi connectivity index (χ0v) is 13.5. The molecule has 0 fully saturated rings. The number of nitrogens with one attached hydrogen (secondary N) is 1. The van der Waals surface area contributed by atoms with Crippen LogP contribution in [0, 0.1) is 10.1 Å². The minimum absolute atomic E-state index is 0.137. The molecule has 0 atom stereocenters. The lowest BCUT2D eigenvalue weighted by Crippen LogP contribution is -2.19. The fourth-order valence-electron chi connectivity index (χ4n) is 2.56. The zero-order chi connectivity index (χ0) is 17.8. The predicted molar refractivity (Wildman–Crippen MR) is 96.7 cm³/mol. The van der Waals surface area contributed by atoms with Crippen LogP contribution in [-0.4, -0.2) is 16.5 Å². The monoisotopic (exact) mass is 333 g/mol. The number of nitro groups is 1. The molecule has 3 aromatic carbocycles. The van der Waals surface area contributed by atoms with Gasteiger partial charge in [-0.3, -0.25) is 14.9 Å². The van der Waals surface area contributed by atoms with E-state index in [9.17, 15) is 14.9 Å². The van der Waals surface area contributed by atoms with Gasteiger partial charge in [0.05, 0.1) is 10.6 Å². The fraction of sp³-hybridized carbons (Fsp3) is 0.0526. The van der Waals surface area contributed by atoms with Crippen molar-refractivity contribution < 1.29 is 9.72 Å². The van der Waals surface area contributed by atoms with Crippen molar-refractivity contribution in [3.8, 4) is 0 Å². The summed E-state index contributed by atoms with van der Waals surface area (Å²) in [5.74, 6) is -0.497. The van der Waals surface area contributed by atoms with Crippen LogP contribution in [0.1, 0.15) is 22.8 Å². The molecule has 25 heavy (non-hydrogen) atoms. The second-order valence-corrected chi connectivity index (χ2v) is 5.47.